The Bertz CT molecular complexity index is 1320. The van der Waals surface area contributed by atoms with E-state index in [-0.39, 0.29) is 12.5 Å². The summed E-state index contributed by atoms with van der Waals surface area (Å²) in [6.45, 7) is 7.45. The van der Waals surface area contributed by atoms with E-state index in [0.29, 0.717) is 28.5 Å². The highest BCUT2D eigenvalue weighted by molar-refractivity contribution is 5.98. The molecule has 8 nitrogen and oxygen atoms in total. The summed E-state index contributed by atoms with van der Waals surface area (Å²) in [6, 6.07) is 12.3. The lowest BCUT2D eigenvalue weighted by molar-refractivity contribution is 0.0661. The molecule has 0 fully saturated rings. The molecule has 8 heteroatoms. The minimum atomic E-state index is -0.993. The van der Waals surface area contributed by atoms with Crippen LogP contribution < -0.4 is 5.73 Å². The smallest absolute Gasteiger partial charge is 0.254 e. The van der Waals surface area contributed by atoms with Gasteiger partial charge in [-0.2, -0.15) is 0 Å². The monoisotopic (exact) mass is 456 g/mol. The summed E-state index contributed by atoms with van der Waals surface area (Å²) in [6.07, 6.45) is 4.95. The van der Waals surface area contributed by atoms with Gasteiger partial charge in [-0.1, -0.05) is 6.07 Å². The summed E-state index contributed by atoms with van der Waals surface area (Å²) < 4.78 is 0. The van der Waals surface area contributed by atoms with Gasteiger partial charge in [-0.05, 0) is 69.7 Å². The van der Waals surface area contributed by atoms with Crippen LogP contribution in [-0.4, -0.2) is 35.8 Å². The van der Waals surface area contributed by atoms with Crippen LogP contribution in [0.4, 0.5) is 5.82 Å². The first kappa shape index (κ1) is 23.3. The number of anilines is 1. The number of aliphatic hydroxyl groups is 1. The van der Waals surface area contributed by atoms with Crippen molar-refractivity contribution < 1.29 is 9.90 Å². The SMILES string of the molecule is Cc1cc2cc(C(=O)N(Cc3ccc(C(C)(C)O)cn3)[C@H](C)c3ncccn3)ccc2nc1N. The third-order valence-corrected chi connectivity index (χ3v) is 5.84. The lowest BCUT2D eigenvalue weighted by Crippen LogP contribution is -2.34. The molecule has 3 N–H and O–H groups in total. The van der Waals surface area contributed by atoms with E-state index in [4.69, 9.17) is 5.73 Å². The number of pyridine rings is 2. The molecule has 34 heavy (non-hydrogen) atoms. The molecular formula is C26H28N6O2. The van der Waals surface area contributed by atoms with Crippen LogP contribution in [0.3, 0.4) is 0 Å². The Hall–Kier alpha value is -3.91. The number of benzene rings is 1. The van der Waals surface area contributed by atoms with Gasteiger partial charge >= 0.3 is 0 Å². The molecule has 0 radical (unpaired) electrons. The Morgan fingerprint density at radius 3 is 2.50 bits per heavy atom. The van der Waals surface area contributed by atoms with Gasteiger partial charge in [0.05, 0.1) is 29.4 Å². The van der Waals surface area contributed by atoms with Gasteiger partial charge < -0.3 is 15.7 Å². The Kier molecular flexibility index (Phi) is 6.26. The average molecular weight is 457 g/mol. The second kappa shape index (κ2) is 9.15. The molecule has 0 aliphatic carbocycles. The first-order valence-corrected chi connectivity index (χ1v) is 11.1. The molecule has 1 atom stereocenters. The summed E-state index contributed by atoms with van der Waals surface area (Å²) in [7, 11) is 0. The van der Waals surface area contributed by atoms with Crippen molar-refractivity contribution in [3.63, 3.8) is 0 Å². The Labute approximate surface area is 198 Å². The minimum Gasteiger partial charge on any atom is -0.386 e. The van der Waals surface area contributed by atoms with Gasteiger partial charge in [-0.15, -0.1) is 0 Å². The number of fused-ring (bicyclic) bond motifs is 1. The molecule has 0 bridgehead atoms. The second-order valence-electron chi connectivity index (χ2n) is 8.91. The maximum Gasteiger partial charge on any atom is 0.254 e. The Morgan fingerprint density at radius 2 is 1.85 bits per heavy atom. The molecule has 4 rings (SSSR count). The van der Waals surface area contributed by atoms with Crippen LogP contribution in [0.1, 0.15) is 59.8 Å². The molecule has 1 amide bonds. The van der Waals surface area contributed by atoms with E-state index in [1.165, 1.54) is 0 Å². The molecule has 0 saturated carbocycles. The van der Waals surface area contributed by atoms with Gasteiger partial charge in [0.1, 0.15) is 11.6 Å². The number of nitrogens with two attached hydrogens (primary N) is 1. The molecule has 3 aromatic heterocycles. The third-order valence-electron chi connectivity index (χ3n) is 5.84. The topological polar surface area (TPSA) is 118 Å². The number of aromatic nitrogens is 4. The fraction of sp³-hybridized carbons (Fsp3) is 0.269. The van der Waals surface area contributed by atoms with Crippen LogP contribution in [0.5, 0.6) is 0 Å². The van der Waals surface area contributed by atoms with Crippen LogP contribution >= 0.6 is 0 Å². The Morgan fingerprint density at radius 1 is 1.12 bits per heavy atom. The van der Waals surface area contributed by atoms with E-state index < -0.39 is 11.6 Å². The van der Waals surface area contributed by atoms with Gasteiger partial charge in [0.15, 0.2) is 0 Å². The number of amides is 1. The van der Waals surface area contributed by atoms with Gasteiger partial charge in [0.25, 0.3) is 5.91 Å². The minimum absolute atomic E-state index is 0.176. The number of rotatable bonds is 6. The van der Waals surface area contributed by atoms with Crippen molar-refractivity contribution in [1.82, 2.24) is 24.8 Å². The zero-order chi connectivity index (χ0) is 24.5. The third kappa shape index (κ3) is 4.87. The first-order chi connectivity index (χ1) is 16.1. The summed E-state index contributed by atoms with van der Waals surface area (Å²) in [4.78, 5) is 33.0. The lowest BCUT2D eigenvalue weighted by atomic mass is 10.0. The summed E-state index contributed by atoms with van der Waals surface area (Å²) in [5.74, 6) is 0.836. The highest BCUT2D eigenvalue weighted by Crippen LogP contribution is 2.25. The van der Waals surface area contributed by atoms with Crippen LogP contribution in [0.2, 0.25) is 0 Å². The molecular weight excluding hydrogens is 428 g/mol. The summed E-state index contributed by atoms with van der Waals surface area (Å²) >= 11 is 0. The van der Waals surface area contributed by atoms with Crippen molar-refractivity contribution in [3.05, 3.63) is 89.3 Å². The van der Waals surface area contributed by atoms with Gasteiger partial charge in [0, 0.05) is 35.1 Å². The van der Waals surface area contributed by atoms with Crippen LogP contribution in [0, 0.1) is 6.92 Å². The predicted molar refractivity (Wildman–Crippen MR) is 131 cm³/mol. The fourth-order valence-electron chi connectivity index (χ4n) is 3.70. The first-order valence-electron chi connectivity index (χ1n) is 11.1. The number of hydrogen-bond donors (Lipinski definition) is 2. The van der Waals surface area contributed by atoms with Crippen LogP contribution in [0.25, 0.3) is 10.9 Å². The highest BCUT2D eigenvalue weighted by Gasteiger charge is 2.26. The summed E-state index contributed by atoms with van der Waals surface area (Å²) in [5.41, 5.74) is 8.44. The van der Waals surface area contributed by atoms with Crippen molar-refractivity contribution in [2.75, 3.05) is 5.73 Å². The number of aryl methyl sites for hydroxylation is 1. The van der Waals surface area contributed by atoms with E-state index in [0.717, 1.165) is 16.5 Å². The lowest BCUT2D eigenvalue weighted by Gasteiger charge is -2.28. The van der Waals surface area contributed by atoms with Crippen LogP contribution in [-0.2, 0) is 12.1 Å². The molecule has 174 valence electrons. The van der Waals surface area contributed by atoms with Crippen molar-refractivity contribution >= 4 is 22.6 Å². The fourth-order valence-corrected chi connectivity index (χ4v) is 3.70. The Balaban J connectivity index is 1.70. The van der Waals surface area contributed by atoms with E-state index in [2.05, 4.69) is 19.9 Å². The quantitative estimate of drug-likeness (QED) is 0.451. The predicted octanol–water partition coefficient (Wildman–Crippen LogP) is 3.94. The maximum atomic E-state index is 13.7. The molecule has 4 aromatic rings. The zero-order valence-corrected chi connectivity index (χ0v) is 19.7. The van der Waals surface area contributed by atoms with Crippen molar-refractivity contribution in [3.8, 4) is 0 Å². The standard InChI is InChI=1S/C26H28N6O2/c1-16-12-19-13-18(6-9-22(19)31-23(16)27)25(33)32(17(2)24-28-10-5-11-29-24)15-21-8-7-20(14-30-21)26(3,4)34/h5-14,17,34H,15H2,1-4H3,(H2,27,31)/t17-/m1/s1. The van der Waals surface area contributed by atoms with Gasteiger partial charge in [-0.3, -0.25) is 9.78 Å². The normalized spacial score (nSPS) is 12.5. The van der Waals surface area contributed by atoms with E-state index in [9.17, 15) is 9.90 Å². The molecule has 0 aliphatic rings. The molecule has 3 heterocycles. The molecule has 0 spiro atoms. The average Bonchev–Trinajstić information content (AvgIpc) is 2.82. The van der Waals surface area contributed by atoms with Crippen molar-refractivity contribution in [1.29, 1.82) is 0 Å². The maximum absolute atomic E-state index is 13.7. The zero-order valence-electron chi connectivity index (χ0n) is 19.7. The number of carbonyl (C=O) groups is 1. The largest absolute Gasteiger partial charge is 0.386 e. The summed E-state index contributed by atoms with van der Waals surface area (Å²) in [5, 5.41) is 11.1. The van der Waals surface area contributed by atoms with E-state index in [1.54, 1.807) is 55.5 Å². The number of nitrogens with zero attached hydrogens (tertiary/aromatic N) is 5. The van der Waals surface area contributed by atoms with Gasteiger partial charge in [-0.25, -0.2) is 15.0 Å². The van der Waals surface area contributed by atoms with Gasteiger partial charge in [0.2, 0.25) is 0 Å². The molecule has 0 unspecified atom stereocenters. The number of nitrogen functional groups attached to an aromatic ring is 1. The van der Waals surface area contributed by atoms with E-state index >= 15 is 0 Å². The van der Waals surface area contributed by atoms with E-state index in [1.807, 2.05) is 38.1 Å². The van der Waals surface area contributed by atoms with Crippen molar-refractivity contribution in [2.45, 2.75) is 45.9 Å². The molecule has 0 aliphatic heterocycles. The number of hydrogen-bond acceptors (Lipinski definition) is 7. The highest BCUT2D eigenvalue weighted by atomic mass is 16.3. The molecule has 1 aromatic carbocycles. The van der Waals surface area contributed by atoms with Crippen LogP contribution in [0.15, 0.2) is 61.1 Å². The number of carbonyl (C=O) groups excluding carboxylic acids is 1. The second-order valence-corrected chi connectivity index (χ2v) is 8.91. The molecule has 0 saturated heterocycles. The van der Waals surface area contributed by atoms with Crippen molar-refractivity contribution in [2.24, 2.45) is 0 Å².